The Morgan fingerprint density at radius 2 is 1.94 bits per heavy atom. The van der Waals surface area contributed by atoms with Crippen molar-refractivity contribution in [1.29, 1.82) is 0 Å². The molecule has 1 atom stereocenters. The molecule has 1 aromatic carbocycles. The maximum atomic E-state index is 5.39. The van der Waals surface area contributed by atoms with Crippen molar-refractivity contribution in [3.05, 3.63) is 47.7 Å². The molecular formula is C23H33N5O3. The molecule has 1 fully saturated rings. The summed E-state index contributed by atoms with van der Waals surface area (Å²) in [4.78, 5) is 11.4. The second-order valence-electron chi connectivity index (χ2n) is 7.45. The number of nitrogens with zero attached hydrogens (tertiary/aromatic N) is 3. The molecule has 8 nitrogen and oxygen atoms in total. The molecule has 168 valence electrons. The normalized spacial score (nSPS) is 16.8. The first-order valence-electron chi connectivity index (χ1n) is 10.6. The third-order valence-corrected chi connectivity index (χ3v) is 5.23. The molecule has 0 radical (unpaired) electrons. The van der Waals surface area contributed by atoms with Gasteiger partial charge in [-0.05, 0) is 37.1 Å². The lowest BCUT2D eigenvalue weighted by Gasteiger charge is -2.19. The van der Waals surface area contributed by atoms with Crippen LogP contribution in [0.4, 0.5) is 0 Å². The van der Waals surface area contributed by atoms with Gasteiger partial charge in [-0.1, -0.05) is 6.07 Å². The van der Waals surface area contributed by atoms with E-state index < -0.39 is 0 Å². The molecule has 0 spiro atoms. The van der Waals surface area contributed by atoms with Crippen LogP contribution in [0.25, 0.3) is 0 Å². The average molecular weight is 428 g/mol. The summed E-state index contributed by atoms with van der Waals surface area (Å²) in [7, 11) is 4.98. The van der Waals surface area contributed by atoms with Crippen molar-refractivity contribution in [3.8, 4) is 17.4 Å². The number of methoxy groups -OCH3 is 3. The predicted molar refractivity (Wildman–Crippen MR) is 122 cm³/mol. The molecule has 2 aromatic rings. The van der Waals surface area contributed by atoms with Crippen molar-refractivity contribution in [2.45, 2.75) is 32.5 Å². The van der Waals surface area contributed by atoms with Crippen LogP contribution >= 0.6 is 0 Å². The fourth-order valence-corrected chi connectivity index (χ4v) is 3.72. The van der Waals surface area contributed by atoms with E-state index in [1.54, 1.807) is 27.5 Å². The van der Waals surface area contributed by atoms with E-state index in [0.717, 1.165) is 55.6 Å². The van der Waals surface area contributed by atoms with E-state index >= 15 is 0 Å². The van der Waals surface area contributed by atoms with Gasteiger partial charge in [0.2, 0.25) is 5.88 Å². The zero-order valence-corrected chi connectivity index (χ0v) is 18.9. The molecule has 2 N–H and O–H groups in total. The Labute approximate surface area is 184 Å². The fourth-order valence-electron chi connectivity index (χ4n) is 3.72. The predicted octanol–water partition coefficient (Wildman–Crippen LogP) is 2.44. The topological polar surface area (TPSA) is 80.2 Å². The molecule has 8 heteroatoms. The maximum absolute atomic E-state index is 5.39. The molecule has 0 bridgehead atoms. The highest BCUT2D eigenvalue weighted by Gasteiger charge is 2.23. The van der Waals surface area contributed by atoms with Crippen LogP contribution in [0.15, 0.2) is 41.5 Å². The zero-order chi connectivity index (χ0) is 22.1. The highest BCUT2D eigenvalue weighted by atomic mass is 16.5. The Hall–Kier alpha value is -3.00. The van der Waals surface area contributed by atoms with Crippen molar-refractivity contribution in [2.24, 2.45) is 4.99 Å². The SMILES string of the molecule is CCNC(=NCc1cccnc1OC)NC1CCN(Cc2cc(OC)cc(OC)c2)C1. The summed E-state index contributed by atoms with van der Waals surface area (Å²) >= 11 is 0. The minimum absolute atomic E-state index is 0.334. The molecule has 1 unspecified atom stereocenters. The first-order chi connectivity index (χ1) is 15.1. The van der Waals surface area contributed by atoms with E-state index in [0.29, 0.717) is 18.5 Å². The number of rotatable bonds is 9. The van der Waals surface area contributed by atoms with E-state index in [9.17, 15) is 0 Å². The number of hydrogen-bond donors (Lipinski definition) is 2. The summed E-state index contributed by atoms with van der Waals surface area (Å²) in [6.07, 6.45) is 2.78. The van der Waals surface area contributed by atoms with E-state index in [1.807, 2.05) is 18.2 Å². The van der Waals surface area contributed by atoms with E-state index in [-0.39, 0.29) is 0 Å². The molecule has 1 saturated heterocycles. The van der Waals surface area contributed by atoms with Gasteiger partial charge in [-0.15, -0.1) is 0 Å². The molecule has 2 heterocycles. The van der Waals surface area contributed by atoms with Gasteiger partial charge in [-0.25, -0.2) is 9.98 Å². The van der Waals surface area contributed by atoms with Gasteiger partial charge in [0.1, 0.15) is 11.5 Å². The number of guanidine groups is 1. The largest absolute Gasteiger partial charge is 0.497 e. The van der Waals surface area contributed by atoms with Crippen molar-refractivity contribution >= 4 is 5.96 Å². The third-order valence-electron chi connectivity index (χ3n) is 5.23. The summed E-state index contributed by atoms with van der Waals surface area (Å²) in [6.45, 7) is 6.20. The van der Waals surface area contributed by atoms with Crippen molar-refractivity contribution in [2.75, 3.05) is 41.0 Å². The van der Waals surface area contributed by atoms with Crippen LogP contribution in [0, 0.1) is 0 Å². The number of benzene rings is 1. The van der Waals surface area contributed by atoms with Crippen LogP contribution in [-0.4, -0.2) is 62.8 Å². The molecule has 0 aliphatic carbocycles. The third kappa shape index (κ3) is 6.49. The van der Waals surface area contributed by atoms with Crippen LogP contribution in [0.1, 0.15) is 24.5 Å². The Kier molecular flexibility index (Phi) is 8.35. The Morgan fingerprint density at radius 1 is 1.16 bits per heavy atom. The summed E-state index contributed by atoms with van der Waals surface area (Å²) < 4.78 is 16.1. The number of pyridine rings is 1. The molecule has 0 saturated carbocycles. The van der Waals surface area contributed by atoms with Crippen LogP contribution in [0.5, 0.6) is 17.4 Å². The lowest BCUT2D eigenvalue weighted by atomic mass is 10.2. The Balaban J connectivity index is 1.59. The summed E-state index contributed by atoms with van der Waals surface area (Å²) in [6, 6.07) is 10.2. The zero-order valence-electron chi connectivity index (χ0n) is 18.9. The van der Waals surface area contributed by atoms with Gasteiger partial charge < -0.3 is 24.8 Å². The van der Waals surface area contributed by atoms with Gasteiger partial charge in [0, 0.05) is 50.0 Å². The number of aliphatic imine (C=N–C) groups is 1. The van der Waals surface area contributed by atoms with Crippen LogP contribution in [0.2, 0.25) is 0 Å². The highest BCUT2D eigenvalue weighted by molar-refractivity contribution is 5.80. The Bertz CT molecular complexity index is 852. The number of likely N-dealkylation sites (tertiary alicyclic amines) is 1. The maximum Gasteiger partial charge on any atom is 0.218 e. The van der Waals surface area contributed by atoms with Crippen molar-refractivity contribution in [3.63, 3.8) is 0 Å². The molecular weight excluding hydrogens is 394 g/mol. The second-order valence-corrected chi connectivity index (χ2v) is 7.45. The standard InChI is InChI=1S/C23H33N5O3/c1-5-24-23(26-14-18-7-6-9-25-22(18)31-4)27-19-8-10-28(16-19)15-17-11-20(29-2)13-21(12-17)30-3/h6-7,9,11-13,19H,5,8,10,14-16H2,1-4H3,(H2,24,26,27). The lowest BCUT2D eigenvalue weighted by Crippen LogP contribution is -2.44. The van der Waals surface area contributed by atoms with Gasteiger partial charge in [-0.2, -0.15) is 0 Å². The molecule has 3 rings (SSSR count). The summed E-state index contributed by atoms with van der Waals surface area (Å²) in [5.74, 6) is 3.05. The van der Waals surface area contributed by atoms with Gasteiger partial charge in [-0.3, -0.25) is 4.90 Å². The number of hydrogen-bond acceptors (Lipinski definition) is 6. The van der Waals surface area contributed by atoms with Gasteiger partial charge >= 0.3 is 0 Å². The average Bonchev–Trinajstić information content (AvgIpc) is 3.23. The highest BCUT2D eigenvalue weighted by Crippen LogP contribution is 2.24. The Morgan fingerprint density at radius 3 is 2.61 bits per heavy atom. The van der Waals surface area contributed by atoms with E-state index in [1.165, 1.54) is 5.56 Å². The first-order valence-corrected chi connectivity index (χ1v) is 10.6. The monoisotopic (exact) mass is 427 g/mol. The van der Waals surface area contributed by atoms with Crippen LogP contribution < -0.4 is 24.8 Å². The molecule has 1 aromatic heterocycles. The minimum atomic E-state index is 0.334. The fraction of sp³-hybridized carbons (Fsp3) is 0.478. The quantitative estimate of drug-likeness (QED) is 0.470. The van der Waals surface area contributed by atoms with Gasteiger partial charge in [0.25, 0.3) is 0 Å². The van der Waals surface area contributed by atoms with Gasteiger partial charge in [0.05, 0.1) is 27.9 Å². The summed E-state index contributed by atoms with van der Waals surface area (Å²) in [5, 5.41) is 6.91. The summed E-state index contributed by atoms with van der Waals surface area (Å²) in [5.41, 5.74) is 2.14. The lowest BCUT2D eigenvalue weighted by molar-refractivity contribution is 0.321. The molecule has 31 heavy (non-hydrogen) atoms. The van der Waals surface area contributed by atoms with Crippen molar-refractivity contribution in [1.82, 2.24) is 20.5 Å². The van der Waals surface area contributed by atoms with Crippen LogP contribution in [-0.2, 0) is 13.1 Å². The number of ether oxygens (including phenoxy) is 3. The second kappa shape index (κ2) is 11.4. The molecule has 1 aliphatic rings. The van der Waals surface area contributed by atoms with E-state index in [4.69, 9.17) is 19.2 Å². The number of aromatic nitrogens is 1. The number of nitrogens with one attached hydrogen (secondary N) is 2. The van der Waals surface area contributed by atoms with Gasteiger partial charge in [0.15, 0.2) is 5.96 Å². The first kappa shape index (κ1) is 22.7. The minimum Gasteiger partial charge on any atom is -0.497 e. The molecule has 1 aliphatic heterocycles. The van der Waals surface area contributed by atoms with E-state index in [2.05, 4.69) is 39.6 Å². The molecule has 0 amide bonds. The van der Waals surface area contributed by atoms with Crippen LogP contribution in [0.3, 0.4) is 0 Å². The smallest absolute Gasteiger partial charge is 0.218 e. The van der Waals surface area contributed by atoms with Crippen molar-refractivity contribution < 1.29 is 14.2 Å².